The van der Waals surface area contributed by atoms with E-state index in [-0.39, 0.29) is 17.8 Å². The van der Waals surface area contributed by atoms with Crippen molar-refractivity contribution in [2.75, 3.05) is 13.1 Å². The Bertz CT molecular complexity index is 1110. The number of nitrogens with one attached hydrogen (secondary N) is 1. The second-order valence-electron chi connectivity index (χ2n) is 9.15. The van der Waals surface area contributed by atoms with Gasteiger partial charge in [-0.25, -0.2) is 4.39 Å². The molecule has 1 aliphatic rings. The van der Waals surface area contributed by atoms with Crippen LogP contribution in [0.15, 0.2) is 42.6 Å². The minimum absolute atomic E-state index is 0.114. The molecule has 0 atom stereocenters. The lowest BCUT2D eigenvalue weighted by molar-refractivity contribution is 0.0908. The fraction of sp³-hybridized carbons (Fsp3) is 0.423. The van der Waals surface area contributed by atoms with Gasteiger partial charge in [0.15, 0.2) is 0 Å². The van der Waals surface area contributed by atoms with Crippen LogP contribution in [-0.2, 0) is 6.54 Å². The molecule has 0 spiro atoms. The molecule has 1 saturated heterocycles. The van der Waals surface area contributed by atoms with Gasteiger partial charge in [-0.1, -0.05) is 12.1 Å². The van der Waals surface area contributed by atoms with Gasteiger partial charge in [-0.05, 0) is 64.8 Å². The zero-order valence-electron chi connectivity index (χ0n) is 19.8. The minimum Gasteiger partial charge on any atom is -0.349 e. The number of nitrogens with zero attached hydrogens (tertiary/aromatic N) is 4. The lowest BCUT2D eigenvalue weighted by Gasteiger charge is -2.32. The van der Waals surface area contributed by atoms with Gasteiger partial charge in [0.1, 0.15) is 5.82 Å². The van der Waals surface area contributed by atoms with Crippen molar-refractivity contribution in [3.05, 3.63) is 70.9 Å². The van der Waals surface area contributed by atoms with Crippen LogP contribution in [0.25, 0.3) is 11.3 Å². The summed E-state index contributed by atoms with van der Waals surface area (Å²) in [7, 11) is 0. The van der Waals surface area contributed by atoms with Crippen LogP contribution in [0.2, 0.25) is 0 Å². The van der Waals surface area contributed by atoms with Gasteiger partial charge in [0.2, 0.25) is 0 Å². The highest BCUT2D eigenvalue weighted by Crippen LogP contribution is 2.22. The number of halogens is 1. The van der Waals surface area contributed by atoms with Crippen molar-refractivity contribution in [3.63, 3.8) is 0 Å². The van der Waals surface area contributed by atoms with E-state index in [1.54, 1.807) is 30.5 Å². The Morgan fingerprint density at radius 1 is 1.18 bits per heavy atom. The normalized spacial score (nSPS) is 15.2. The summed E-state index contributed by atoms with van der Waals surface area (Å²) in [6.45, 7) is 11.3. The van der Waals surface area contributed by atoms with Crippen LogP contribution in [0.3, 0.4) is 0 Å². The van der Waals surface area contributed by atoms with Gasteiger partial charge in [-0.3, -0.25) is 19.4 Å². The van der Waals surface area contributed by atoms with E-state index in [1.807, 2.05) is 0 Å². The summed E-state index contributed by atoms with van der Waals surface area (Å²) < 4.78 is 15.5. The first-order valence-electron chi connectivity index (χ1n) is 11.6. The molecule has 1 fully saturated rings. The van der Waals surface area contributed by atoms with Crippen molar-refractivity contribution in [1.29, 1.82) is 0 Å². The van der Waals surface area contributed by atoms with Crippen molar-refractivity contribution >= 4 is 5.91 Å². The Labute approximate surface area is 194 Å². The molecule has 2 aromatic heterocycles. The lowest BCUT2D eigenvalue weighted by atomic mass is 10.0. The van der Waals surface area contributed by atoms with Gasteiger partial charge in [-0.2, -0.15) is 5.10 Å². The molecule has 0 saturated carbocycles. The molecule has 1 amide bonds. The average Bonchev–Trinajstić information content (AvgIpc) is 3.09. The first-order valence-corrected chi connectivity index (χ1v) is 11.6. The molecular weight excluding hydrogens is 417 g/mol. The predicted molar refractivity (Wildman–Crippen MR) is 127 cm³/mol. The Balaban J connectivity index is 1.31. The van der Waals surface area contributed by atoms with Crippen LogP contribution < -0.4 is 5.32 Å². The second kappa shape index (κ2) is 9.83. The quantitative estimate of drug-likeness (QED) is 0.594. The van der Waals surface area contributed by atoms with E-state index < -0.39 is 0 Å². The molecule has 1 N–H and O–H groups in total. The average molecular weight is 450 g/mol. The maximum absolute atomic E-state index is 13.4. The highest BCUT2D eigenvalue weighted by atomic mass is 19.1. The summed E-state index contributed by atoms with van der Waals surface area (Å²) in [6.07, 6.45) is 3.39. The number of hydrogen-bond donors (Lipinski definition) is 1. The summed E-state index contributed by atoms with van der Waals surface area (Å²) >= 11 is 0. The molecule has 6 nitrogen and oxygen atoms in total. The fourth-order valence-electron chi connectivity index (χ4n) is 4.50. The molecule has 3 heterocycles. The number of carbonyl (C=O) groups excluding carboxylic acids is 1. The molecule has 3 aromatic rings. The highest BCUT2D eigenvalue weighted by molar-refractivity contribution is 5.94. The van der Waals surface area contributed by atoms with Crippen LogP contribution >= 0.6 is 0 Å². The zero-order chi connectivity index (χ0) is 23.5. The fourth-order valence-corrected chi connectivity index (χ4v) is 4.50. The standard InChI is InChI=1S/C26H32FN5O/c1-17(2)32-19(4)24(18(3)30-32)16-31-12-10-23(11-13-31)29-26(33)21-8-9-25(28-15-21)20-6-5-7-22(27)14-20/h5-9,14-15,17,23H,10-13,16H2,1-4H3,(H,29,33). The molecule has 4 rings (SSSR count). The minimum atomic E-state index is -0.304. The van der Waals surface area contributed by atoms with Crippen molar-refractivity contribution in [2.45, 2.75) is 59.2 Å². The van der Waals surface area contributed by atoms with Crippen molar-refractivity contribution in [3.8, 4) is 11.3 Å². The number of benzene rings is 1. The molecule has 0 radical (unpaired) electrons. The second-order valence-corrected chi connectivity index (χ2v) is 9.15. The van der Waals surface area contributed by atoms with Gasteiger partial charge in [0, 0.05) is 54.7 Å². The number of carbonyl (C=O) groups is 1. The number of aryl methyl sites for hydroxylation is 1. The van der Waals surface area contributed by atoms with Crippen molar-refractivity contribution in [2.24, 2.45) is 0 Å². The summed E-state index contributed by atoms with van der Waals surface area (Å²) in [5, 5.41) is 7.85. The Morgan fingerprint density at radius 2 is 1.94 bits per heavy atom. The molecular formula is C26H32FN5O. The third-order valence-corrected chi connectivity index (χ3v) is 6.41. The third-order valence-electron chi connectivity index (χ3n) is 6.41. The Hall–Kier alpha value is -3.06. The van der Waals surface area contributed by atoms with Crippen LogP contribution in [0.5, 0.6) is 0 Å². The predicted octanol–water partition coefficient (Wildman–Crippen LogP) is 4.68. The van der Waals surface area contributed by atoms with E-state index in [2.05, 4.69) is 47.6 Å². The number of pyridine rings is 1. The van der Waals surface area contributed by atoms with E-state index in [0.29, 0.717) is 22.9 Å². The zero-order valence-corrected chi connectivity index (χ0v) is 19.8. The monoisotopic (exact) mass is 449 g/mol. The third kappa shape index (κ3) is 5.30. The van der Waals surface area contributed by atoms with E-state index in [0.717, 1.165) is 38.2 Å². The summed E-state index contributed by atoms with van der Waals surface area (Å²) in [6, 6.07) is 10.3. The van der Waals surface area contributed by atoms with E-state index in [9.17, 15) is 9.18 Å². The van der Waals surface area contributed by atoms with E-state index in [4.69, 9.17) is 5.10 Å². The van der Waals surface area contributed by atoms with Gasteiger partial charge in [-0.15, -0.1) is 0 Å². The SMILES string of the molecule is Cc1nn(C(C)C)c(C)c1CN1CCC(NC(=O)c2ccc(-c3cccc(F)c3)nc2)CC1. The Kier molecular flexibility index (Phi) is 6.88. The number of likely N-dealkylation sites (tertiary alicyclic amines) is 1. The molecule has 174 valence electrons. The van der Waals surface area contributed by atoms with Crippen molar-refractivity contribution in [1.82, 2.24) is 25.0 Å². The molecule has 0 unspecified atom stereocenters. The lowest BCUT2D eigenvalue weighted by Crippen LogP contribution is -2.44. The number of amides is 1. The summed E-state index contributed by atoms with van der Waals surface area (Å²) in [5.74, 6) is -0.418. The summed E-state index contributed by atoms with van der Waals surface area (Å²) in [4.78, 5) is 19.5. The number of rotatable bonds is 6. The molecule has 33 heavy (non-hydrogen) atoms. The molecule has 0 bridgehead atoms. The number of piperidine rings is 1. The van der Waals surface area contributed by atoms with Gasteiger partial charge >= 0.3 is 0 Å². The first-order chi connectivity index (χ1) is 15.8. The van der Waals surface area contributed by atoms with Gasteiger partial charge < -0.3 is 5.32 Å². The molecule has 1 aromatic carbocycles. The van der Waals surface area contributed by atoms with Crippen LogP contribution in [0.1, 0.15) is 60.0 Å². The molecule has 1 aliphatic heterocycles. The molecule has 7 heteroatoms. The maximum Gasteiger partial charge on any atom is 0.253 e. The Morgan fingerprint density at radius 3 is 2.55 bits per heavy atom. The van der Waals surface area contributed by atoms with Crippen LogP contribution in [0, 0.1) is 19.7 Å². The van der Waals surface area contributed by atoms with Gasteiger partial charge in [0.05, 0.1) is 17.0 Å². The van der Waals surface area contributed by atoms with Crippen molar-refractivity contribution < 1.29 is 9.18 Å². The van der Waals surface area contributed by atoms with Crippen LogP contribution in [0.4, 0.5) is 4.39 Å². The van der Waals surface area contributed by atoms with E-state index >= 15 is 0 Å². The van der Waals surface area contributed by atoms with Gasteiger partial charge in [0.25, 0.3) is 5.91 Å². The molecule has 0 aliphatic carbocycles. The topological polar surface area (TPSA) is 63.1 Å². The first kappa shape index (κ1) is 23.1. The summed E-state index contributed by atoms with van der Waals surface area (Å²) in [5.41, 5.74) is 5.52. The maximum atomic E-state index is 13.4. The number of aromatic nitrogens is 3. The number of hydrogen-bond acceptors (Lipinski definition) is 4. The largest absolute Gasteiger partial charge is 0.349 e. The smallest absolute Gasteiger partial charge is 0.253 e. The van der Waals surface area contributed by atoms with Crippen LogP contribution in [-0.4, -0.2) is 44.7 Å². The van der Waals surface area contributed by atoms with E-state index in [1.165, 1.54) is 23.4 Å². The highest BCUT2D eigenvalue weighted by Gasteiger charge is 2.23.